The molecule has 8 nitrogen and oxygen atoms in total. The lowest BCUT2D eigenvalue weighted by Gasteiger charge is -2.33. The molecule has 0 spiro atoms. The molecule has 148 valence electrons. The number of nitro groups is 1. The summed E-state index contributed by atoms with van der Waals surface area (Å²) in [6, 6.07) is 12.0. The van der Waals surface area contributed by atoms with Crippen LogP contribution >= 0.6 is 0 Å². The summed E-state index contributed by atoms with van der Waals surface area (Å²) in [6.07, 6.45) is 0. The number of carbonyl (C=O) groups excluding carboxylic acids is 1. The topological polar surface area (TPSA) is 88.0 Å². The molecule has 1 saturated heterocycles. The summed E-state index contributed by atoms with van der Waals surface area (Å²) in [5.41, 5.74) is 1.67. The third kappa shape index (κ3) is 4.58. The zero-order valence-corrected chi connectivity index (χ0v) is 16.1. The molecule has 0 aromatic heterocycles. The van der Waals surface area contributed by atoms with Gasteiger partial charge in [0, 0.05) is 44.4 Å². The number of piperazine rings is 1. The van der Waals surface area contributed by atoms with Gasteiger partial charge in [0.2, 0.25) is 0 Å². The number of hydrogen-bond acceptors (Lipinski definition) is 6. The van der Waals surface area contributed by atoms with Crippen molar-refractivity contribution in [3.05, 3.63) is 63.7 Å². The molecule has 0 atom stereocenters. The number of nitro benzene ring substituents is 1. The largest absolute Gasteiger partial charge is 0.497 e. The van der Waals surface area contributed by atoms with E-state index in [1.165, 1.54) is 6.07 Å². The molecule has 1 fully saturated rings. The Bertz CT molecular complexity index is 863. The van der Waals surface area contributed by atoms with Gasteiger partial charge in [-0.2, -0.15) is 0 Å². The van der Waals surface area contributed by atoms with Crippen molar-refractivity contribution in [2.75, 3.05) is 45.2 Å². The van der Waals surface area contributed by atoms with E-state index in [2.05, 4.69) is 10.2 Å². The number of carbonyl (C=O) groups is 1. The maximum absolute atomic E-state index is 12.5. The van der Waals surface area contributed by atoms with Crippen LogP contribution < -0.4 is 15.0 Å². The van der Waals surface area contributed by atoms with Gasteiger partial charge in [-0.15, -0.1) is 0 Å². The summed E-state index contributed by atoms with van der Waals surface area (Å²) in [5, 5.41) is 14.4. The van der Waals surface area contributed by atoms with Gasteiger partial charge in [-0.05, 0) is 36.9 Å². The Balaban J connectivity index is 1.73. The zero-order valence-electron chi connectivity index (χ0n) is 16.1. The molecule has 1 aliphatic heterocycles. The SMILES string of the molecule is COc1cccc(CNC(=O)c2ccc(N3CCN(C)CC3)c([N+](=O)[O-])c2)c1. The van der Waals surface area contributed by atoms with Gasteiger partial charge in [0.1, 0.15) is 11.4 Å². The molecule has 1 amide bonds. The molecular weight excluding hydrogens is 360 g/mol. The van der Waals surface area contributed by atoms with Crippen LogP contribution in [0.2, 0.25) is 0 Å². The van der Waals surface area contributed by atoms with Crippen molar-refractivity contribution in [1.82, 2.24) is 10.2 Å². The second kappa shape index (κ2) is 8.71. The fourth-order valence-corrected chi connectivity index (χ4v) is 3.19. The molecule has 0 bridgehead atoms. The first kappa shape index (κ1) is 19.6. The number of nitrogens with zero attached hydrogens (tertiary/aromatic N) is 3. The van der Waals surface area contributed by atoms with Crippen LogP contribution in [0.15, 0.2) is 42.5 Å². The minimum atomic E-state index is -0.424. The Morgan fingerprint density at radius 2 is 1.93 bits per heavy atom. The van der Waals surface area contributed by atoms with E-state index in [1.54, 1.807) is 19.2 Å². The standard InChI is InChI=1S/C20H24N4O4/c1-22-8-10-23(11-9-22)18-7-6-16(13-19(18)24(26)27)20(25)21-14-15-4-3-5-17(12-15)28-2/h3-7,12-13H,8-11,14H2,1-2H3,(H,21,25). The molecule has 1 aliphatic rings. The monoisotopic (exact) mass is 384 g/mol. The number of anilines is 1. The van der Waals surface area contributed by atoms with Crippen LogP contribution in [-0.2, 0) is 6.54 Å². The van der Waals surface area contributed by atoms with Gasteiger partial charge in [-0.1, -0.05) is 12.1 Å². The van der Waals surface area contributed by atoms with E-state index in [-0.39, 0.29) is 17.2 Å². The van der Waals surface area contributed by atoms with Gasteiger partial charge < -0.3 is 19.9 Å². The molecule has 8 heteroatoms. The summed E-state index contributed by atoms with van der Waals surface area (Å²) in [5.74, 6) is 0.356. The van der Waals surface area contributed by atoms with Crippen LogP contribution in [0.1, 0.15) is 15.9 Å². The van der Waals surface area contributed by atoms with E-state index < -0.39 is 4.92 Å². The zero-order chi connectivity index (χ0) is 20.1. The van der Waals surface area contributed by atoms with E-state index >= 15 is 0 Å². The van der Waals surface area contributed by atoms with Gasteiger partial charge >= 0.3 is 0 Å². The molecule has 3 rings (SSSR count). The Kier molecular flexibility index (Phi) is 6.10. The van der Waals surface area contributed by atoms with Gasteiger partial charge in [0.15, 0.2) is 0 Å². The highest BCUT2D eigenvalue weighted by Gasteiger charge is 2.24. The lowest BCUT2D eigenvalue weighted by Crippen LogP contribution is -2.44. The molecule has 0 aliphatic carbocycles. The Hall–Kier alpha value is -3.13. The van der Waals surface area contributed by atoms with E-state index in [9.17, 15) is 14.9 Å². The van der Waals surface area contributed by atoms with Crippen LogP contribution in [-0.4, -0.2) is 56.1 Å². The number of rotatable bonds is 6. The molecule has 1 N–H and O–H groups in total. The minimum Gasteiger partial charge on any atom is -0.497 e. The van der Waals surface area contributed by atoms with Crippen molar-refractivity contribution in [1.29, 1.82) is 0 Å². The van der Waals surface area contributed by atoms with E-state index in [0.29, 0.717) is 18.0 Å². The average molecular weight is 384 g/mol. The smallest absolute Gasteiger partial charge is 0.293 e. The minimum absolute atomic E-state index is 0.0430. The second-order valence-corrected chi connectivity index (χ2v) is 6.79. The second-order valence-electron chi connectivity index (χ2n) is 6.79. The van der Waals surface area contributed by atoms with Crippen molar-refractivity contribution < 1.29 is 14.5 Å². The average Bonchev–Trinajstić information content (AvgIpc) is 2.72. The normalized spacial score (nSPS) is 14.6. The van der Waals surface area contributed by atoms with Crippen molar-refractivity contribution >= 4 is 17.3 Å². The fourth-order valence-electron chi connectivity index (χ4n) is 3.19. The molecular formula is C20H24N4O4. The van der Waals surface area contributed by atoms with Crippen molar-refractivity contribution in [3.8, 4) is 5.75 Å². The highest BCUT2D eigenvalue weighted by atomic mass is 16.6. The van der Waals surface area contributed by atoms with Crippen molar-refractivity contribution in [3.63, 3.8) is 0 Å². The first-order valence-corrected chi connectivity index (χ1v) is 9.11. The summed E-state index contributed by atoms with van der Waals surface area (Å²) >= 11 is 0. The molecule has 0 radical (unpaired) electrons. The maximum Gasteiger partial charge on any atom is 0.293 e. The molecule has 0 unspecified atom stereocenters. The summed E-state index contributed by atoms with van der Waals surface area (Å²) in [6.45, 7) is 3.45. The Labute approximate surface area is 163 Å². The predicted molar refractivity (Wildman–Crippen MR) is 107 cm³/mol. The fraction of sp³-hybridized carbons (Fsp3) is 0.350. The molecule has 1 heterocycles. The van der Waals surface area contributed by atoms with Crippen LogP contribution in [0.3, 0.4) is 0 Å². The Morgan fingerprint density at radius 1 is 1.18 bits per heavy atom. The van der Waals surface area contributed by atoms with E-state index in [1.807, 2.05) is 36.2 Å². The molecule has 0 saturated carbocycles. The number of nitrogens with one attached hydrogen (secondary N) is 1. The van der Waals surface area contributed by atoms with Crippen LogP contribution in [0, 0.1) is 10.1 Å². The first-order valence-electron chi connectivity index (χ1n) is 9.11. The predicted octanol–water partition coefficient (Wildman–Crippen LogP) is 2.29. The lowest BCUT2D eigenvalue weighted by molar-refractivity contribution is -0.384. The number of methoxy groups -OCH3 is 1. The Morgan fingerprint density at radius 3 is 2.61 bits per heavy atom. The maximum atomic E-state index is 12.5. The van der Waals surface area contributed by atoms with Gasteiger partial charge in [0.05, 0.1) is 12.0 Å². The van der Waals surface area contributed by atoms with Gasteiger partial charge in [-0.3, -0.25) is 14.9 Å². The number of ether oxygens (including phenoxy) is 1. The number of hydrogen-bond donors (Lipinski definition) is 1. The molecule has 2 aromatic rings. The van der Waals surface area contributed by atoms with Crippen LogP contribution in [0.4, 0.5) is 11.4 Å². The number of amides is 1. The third-order valence-electron chi connectivity index (χ3n) is 4.87. The first-order chi connectivity index (χ1) is 13.5. The van der Waals surface area contributed by atoms with Crippen LogP contribution in [0.25, 0.3) is 0 Å². The summed E-state index contributed by atoms with van der Waals surface area (Å²) in [7, 11) is 3.61. The summed E-state index contributed by atoms with van der Waals surface area (Å²) < 4.78 is 5.17. The summed E-state index contributed by atoms with van der Waals surface area (Å²) in [4.78, 5) is 27.8. The van der Waals surface area contributed by atoms with Gasteiger partial charge in [-0.25, -0.2) is 0 Å². The molecule has 2 aromatic carbocycles. The molecule has 28 heavy (non-hydrogen) atoms. The lowest BCUT2D eigenvalue weighted by atomic mass is 10.1. The quantitative estimate of drug-likeness (QED) is 0.607. The van der Waals surface area contributed by atoms with E-state index in [4.69, 9.17) is 4.74 Å². The number of likely N-dealkylation sites (N-methyl/N-ethyl adjacent to an activating group) is 1. The van der Waals surface area contributed by atoms with Crippen LogP contribution in [0.5, 0.6) is 5.75 Å². The van der Waals surface area contributed by atoms with Crippen molar-refractivity contribution in [2.24, 2.45) is 0 Å². The van der Waals surface area contributed by atoms with Crippen molar-refractivity contribution in [2.45, 2.75) is 6.54 Å². The highest BCUT2D eigenvalue weighted by Crippen LogP contribution is 2.30. The highest BCUT2D eigenvalue weighted by molar-refractivity contribution is 5.95. The number of benzene rings is 2. The van der Waals surface area contributed by atoms with E-state index in [0.717, 1.165) is 31.7 Å². The van der Waals surface area contributed by atoms with Gasteiger partial charge in [0.25, 0.3) is 11.6 Å². The third-order valence-corrected chi connectivity index (χ3v) is 4.87.